The van der Waals surface area contributed by atoms with Crippen LogP contribution in [0.25, 0.3) is 5.57 Å². The summed E-state index contributed by atoms with van der Waals surface area (Å²) in [5.41, 5.74) is 8.00. The average Bonchev–Trinajstić information content (AvgIpc) is 2.63. The molecule has 0 atom stereocenters. The fourth-order valence-corrected chi connectivity index (χ4v) is 1.71. The van der Waals surface area contributed by atoms with E-state index in [1.54, 1.807) is 0 Å². The summed E-state index contributed by atoms with van der Waals surface area (Å²) in [5, 5.41) is 0. The smallest absolute Gasteiger partial charge is 0.282 e. The molecule has 0 aromatic heterocycles. The Morgan fingerprint density at radius 2 is 1.72 bits per heavy atom. The molecule has 0 unspecified atom stereocenters. The van der Waals surface area contributed by atoms with Crippen molar-refractivity contribution in [1.29, 1.82) is 0 Å². The topological polar surface area (TPSA) is 44.5 Å². The van der Waals surface area contributed by atoms with Crippen molar-refractivity contribution in [2.45, 2.75) is 40.2 Å². The van der Waals surface area contributed by atoms with E-state index in [1.807, 2.05) is 70.2 Å². The summed E-state index contributed by atoms with van der Waals surface area (Å²) in [4.78, 5) is 0. The highest BCUT2D eigenvalue weighted by Gasteiger charge is 2.26. The van der Waals surface area contributed by atoms with Crippen molar-refractivity contribution >= 4 is 17.4 Å². The van der Waals surface area contributed by atoms with Gasteiger partial charge in [-0.2, -0.15) is 0 Å². The maximum Gasteiger partial charge on any atom is 0.282 e. The van der Waals surface area contributed by atoms with E-state index >= 15 is 0 Å². The molecule has 0 aliphatic carbocycles. The van der Waals surface area contributed by atoms with Crippen LogP contribution in [0.5, 0.6) is 0 Å². The predicted octanol–water partition coefficient (Wildman–Crippen LogP) is 5.59. The van der Waals surface area contributed by atoms with Crippen LogP contribution in [0.2, 0.25) is 0 Å². The summed E-state index contributed by atoms with van der Waals surface area (Å²) in [7, 11) is 1.39. The molecule has 1 aromatic carbocycles. The van der Waals surface area contributed by atoms with Gasteiger partial charge in [0.05, 0.1) is 32.1 Å². The van der Waals surface area contributed by atoms with Gasteiger partial charge in [0, 0.05) is 0 Å². The second kappa shape index (κ2) is 16.2. The maximum absolute atomic E-state index is 12.9. The molecular weight excluding hydrogens is 348 g/mol. The lowest BCUT2D eigenvalue weighted by Crippen LogP contribution is -2.32. The summed E-state index contributed by atoms with van der Waals surface area (Å²) in [6.45, 7) is 6.75. The molecule has 0 amide bonds. The third kappa shape index (κ3) is 12.7. The normalized spacial score (nSPS) is 11.5. The predicted molar refractivity (Wildman–Crippen MR) is 103 cm³/mol. The number of allylic oxidation sites excluding steroid dienone is 4. The van der Waals surface area contributed by atoms with Crippen molar-refractivity contribution in [2.24, 2.45) is 5.73 Å². The molecule has 0 saturated carbocycles. The Morgan fingerprint density at radius 3 is 2.12 bits per heavy atom. The Morgan fingerprint density at radius 1 is 1.20 bits per heavy atom. The molecule has 2 N–H and O–H groups in total. The monoisotopic (exact) mass is 377 g/mol. The molecule has 0 radical (unpaired) electrons. The van der Waals surface area contributed by atoms with Crippen molar-refractivity contribution in [3.8, 4) is 0 Å². The zero-order chi connectivity index (χ0) is 19.7. The first-order valence-electron chi connectivity index (χ1n) is 8.12. The number of benzene rings is 1. The van der Waals surface area contributed by atoms with Crippen LogP contribution in [-0.2, 0) is 15.6 Å². The molecule has 3 nitrogen and oxygen atoms in total. The van der Waals surface area contributed by atoms with E-state index in [4.69, 9.17) is 10.5 Å². The Balaban J connectivity index is 0. The number of hydrogen-bond donors (Lipinski definition) is 1. The standard InChI is InChI=1S/C16H21F2NO.C2H6.CH3ClO/c1-3-5-14(4-2)15-8-6-13(7-9-15)10-20-12-16(17,18)11-19;1-2;1-3-2/h3-9H,10-12,19H2,1-2H3;1-2H3;1H3/b5-3-,14-4+;;. The minimum absolute atomic E-state index is 0.157. The van der Waals surface area contributed by atoms with E-state index in [0.717, 1.165) is 16.7 Å². The lowest BCUT2D eigenvalue weighted by atomic mass is 10.0. The van der Waals surface area contributed by atoms with Gasteiger partial charge in [-0.05, 0) is 30.5 Å². The van der Waals surface area contributed by atoms with Crippen molar-refractivity contribution < 1.29 is 17.8 Å². The van der Waals surface area contributed by atoms with Crippen LogP contribution >= 0.6 is 11.9 Å². The molecule has 25 heavy (non-hydrogen) atoms. The number of rotatable bonds is 7. The van der Waals surface area contributed by atoms with E-state index in [9.17, 15) is 8.78 Å². The fraction of sp³-hybridized carbons (Fsp3) is 0.474. The first-order valence-corrected chi connectivity index (χ1v) is 8.43. The first-order chi connectivity index (χ1) is 11.9. The molecule has 1 rings (SSSR count). The molecular formula is C19H30ClF2NO2. The molecule has 0 aliphatic heterocycles. The average molecular weight is 378 g/mol. The van der Waals surface area contributed by atoms with Gasteiger partial charge in [0.2, 0.25) is 0 Å². The largest absolute Gasteiger partial charge is 0.370 e. The number of hydrogen-bond acceptors (Lipinski definition) is 3. The molecule has 0 heterocycles. The zero-order valence-electron chi connectivity index (χ0n) is 15.7. The van der Waals surface area contributed by atoms with Gasteiger partial charge in [-0.25, -0.2) is 8.78 Å². The van der Waals surface area contributed by atoms with E-state index < -0.39 is 19.1 Å². The first kappa shape index (κ1) is 26.0. The molecule has 144 valence electrons. The van der Waals surface area contributed by atoms with Crippen LogP contribution in [0.4, 0.5) is 8.78 Å². The lowest BCUT2D eigenvalue weighted by Gasteiger charge is -2.14. The number of ether oxygens (including phenoxy) is 1. The van der Waals surface area contributed by atoms with Crippen LogP contribution in [0.3, 0.4) is 0 Å². The highest BCUT2D eigenvalue weighted by atomic mass is 35.5. The molecule has 0 spiro atoms. The number of alkyl halides is 2. The zero-order valence-corrected chi connectivity index (χ0v) is 16.4. The van der Waals surface area contributed by atoms with Gasteiger partial charge in [-0.15, -0.1) is 0 Å². The van der Waals surface area contributed by atoms with Crippen LogP contribution in [0.15, 0.2) is 42.5 Å². The van der Waals surface area contributed by atoms with Crippen LogP contribution in [-0.4, -0.2) is 26.2 Å². The van der Waals surface area contributed by atoms with Gasteiger partial charge in [-0.1, -0.05) is 56.3 Å². The quantitative estimate of drug-likeness (QED) is 0.630. The van der Waals surface area contributed by atoms with Gasteiger partial charge < -0.3 is 10.5 Å². The highest BCUT2D eigenvalue weighted by molar-refractivity contribution is 6.07. The molecule has 0 fully saturated rings. The Hall–Kier alpha value is -1.27. The minimum Gasteiger partial charge on any atom is -0.370 e. The number of nitrogens with two attached hydrogens (primary N) is 1. The van der Waals surface area contributed by atoms with E-state index in [-0.39, 0.29) is 6.61 Å². The SMILES string of the molecule is C/C=C\C(=C/C)c1ccc(COCC(F)(F)CN)cc1.CC.COCl. The lowest BCUT2D eigenvalue weighted by molar-refractivity contribution is -0.0741. The van der Waals surface area contributed by atoms with Crippen molar-refractivity contribution in [2.75, 3.05) is 20.3 Å². The van der Waals surface area contributed by atoms with Crippen molar-refractivity contribution in [3.63, 3.8) is 0 Å². The molecule has 6 heteroatoms. The molecule has 1 aromatic rings. The van der Waals surface area contributed by atoms with Crippen LogP contribution in [0, 0.1) is 0 Å². The molecule has 0 bridgehead atoms. The van der Waals surface area contributed by atoms with Gasteiger partial charge in [0.15, 0.2) is 0 Å². The third-order valence-corrected chi connectivity index (χ3v) is 2.83. The summed E-state index contributed by atoms with van der Waals surface area (Å²) in [5.74, 6) is -2.95. The second-order valence-electron chi connectivity index (χ2n) is 4.65. The summed E-state index contributed by atoms with van der Waals surface area (Å²) in [6, 6.07) is 7.66. The molecule has 0 aliphatic rings. The van der Waals surface area contributed by atoms with E-state index in [0.29, 0.717) is 0 Å². The number of halogens is 3. The van der Waals surface area contributed by atoms with Crippen molar-refractivity contribution in [1.82, 2.24) is 0 Å². The maximum atomic E-state index is 12.9. The Labute approximate surface area is 155 Å². The third-order valence-electron chi connectivity index (χ3n) is 2.83. The summed E-state index contributed by atoms with van der Waals surface area (Å²) < 4.78 is 34.5. The summed E-state index contributed by atoms with van der Waals surface area (Å²) >= 11 is 4.50. The fourth-order valence-electron chi connectivity index (χ4n) is 1.71. The van der Waals surface area contributed by atoms with Crippen LogP contribution < -0.4 is 5.73 Å². The Kier molecular flexibility index (Phi) is 16.8. The highest BCUT2D eigenvalue weighted by Crippen LogP contribution is 2.18. The second-order valence-corrected chi connectivity index (χ2v) is 4.96. The van der Waals surface area contributed by atoms with Gasteiger partial charge >= 0.3 is 0 Å². The van der Waals surface area contributed by atoms with Crippen LogP contribution in [0.1, 0.15) is 38.8 Å². The van der Waals surface area contributed by atoms with E-state index in [2.05, 4.69) is 16.2 Å². The van der Waals surface area contributed by atoms with Gasteiger partial charge in [-0.3, -0.25) is 4.29 Å². The van der Waals surface area contributed by atoms with Gasteiger partial charge in [0.25, 0.3) is 5.92 Å². The summed E-state index contributed by atoms with van der Waals surface area (Å²) in [6.07, 6.45) is 6.02. The van der Waals surface area contributed by atoms with E-state index in [1.165, 1.54) is 7.11 Å². The molecule has 0 saturated heterocycles. The minimum atomic E-state index is -2.95. The van der Waals surface area contributed by atoms with Gasteiger partial charge in [0.1, 0.15) is 6.61 Å². The Bertz CT molecular complexity index is 489. The van der Waals surface area contributed by atoms with Crippen molar-refractivity contribution in [3.05, 3.63) is 53.6 Å².